The van der Waals surface area contributed by atoms with Crippen molar-refractivity contribution in [1.29, 1.82) is 0 Å². The molecular formula is C18H21N3O. The second-order valence-corrected chi connectivity index (χ2v) is 5.84. The third kappa shape index (κ3) is 2.59. The number of benzene rings is 1. The number of fused-ring (bicyclic) bond motifs is 1. The summed E-state index contributed by atoms with van der Waals surface area (Å²) in [5.74, 6) is 4.04. The number of carbonyl (C=O) groups is 1. The van der Waals surface area contributed by atoms with Gasteiger partial charge < -0.3 is 9.47 Å². The highest BCUT2D eigenvalue weighted by atomic mass is 16.2. The Labute approximate surface area is 131 Å². The second-order valence-electron chi connectivity index (χ2n) is 5.84. The normalized spacial score (nSPS) is 18.1. The molecule has 0 unspecified atom stereocenters. The van der Waals surface area contributed by atoms with Gasteiger partial charge in [0.15, 0.2) is 0 Å². The number of rotatable bonds is 5. The van der Waals surface area contributed by atoms with E-state index in [4.69, 9.17) is 11.4 Å². The van der Waals surface area contributed by atoms with Gasteiger partial charge >= 0.3 is 0 Å². The third-order valence-corrected chi connectivity index (χ3v) is 4.29. The molecule has 1 aliphatic heterocycles. The summed E-state index contributed by atoms with van der Waals surface area (Å²) in [6.07, 6.45) is 8.22. The number of amides is 1. The SMILES string of the molecule is C#CCn1c([C@@H]2CC(=O)N(CCCC)C2)nc2ccccc21. The molecule has 1 aromatic heterocycles. The predicted octanol–water partition coefficient (Wildman–Crippen LogP) is 2.79. The summed E-state index contributed by atoms with van der Waals surface area (Å²) in [6.45, 7) is 4.24. The van der Waals surface area contributed by atoms with E-state index in [0.29, 0.717) is 13.0 Å². The first-order valence-electron chi connectivity index (χ1n) is 7.91. The summed E-state index contributed by atoms with van der Waals surface area (Å²) in [7, 11) is 0. The Morgan fingerprint density at radius 1 is 1.41 bits per heavy atom. The van der Waals surface area contributed by atoms with Gasteiger partial charge in [-0.25, -0.2) is 4.98 Å². The largest absolute Gasteiger partial charge is 0.342 e. The average Bonchev–Trinajstić information content (AvgIpc) is 3.07. The van der Waals surface area contributed by atoms with Crippen LogP contribution in [-0.2, 0) is 11.3 Å². The number of imidazole rings is 1. The first kappa shape index (κ1) is 14.6. The van der Waals surface area contributed by atoms with Crippen molar-refractivity contribution in [2.24, 2.45) is 0 Å². The minimum absolute atomic E-state index is 0.144. The fourth-order valence-electron chi connectivity index (χ4n) is 3.17. The van der Waals surface area contributed by atoms with Crippen molar-refractivity contribution < 1.29 is 4.79 Å². The zero-order valence-electron chi connectivity index (χ0n) is 13.0. The number of carbonyl (C=O) groups excluding carboxylic acids is 1. The highest BCUT2D eigenvalue weighted by Crippen LogP contribution is 2.30. The molecule has 1 aliphatic rings. The van der Waals surface area contributed by atoms with Gasteiger partial charge in [0.1, 0.15) is 5.82 Å². The van der Waals surface area contributed by atoms with Crippen molar-refractivity contribution in [3.8, 4) is 12.3 Å². The molecule has 1 amide bonds. The number of para-hydroxylation sites is 2. The zero-order chi connectivity index (χ0) is 15.5. The molecule has 1 fully saturated rings. The molecule has 0 N–H and O–H groups in total. The fourth-order valence-corrected chi connectivity index (χ4v) is 3.17. The molecular weight excluding hydrogens is 274 g/mol. The molecule has 0 aliphatic carbocycles. The molecule has 2 aromatic rings. The van der Waals surface area contributed by atoms with Crippen LogP contribution in [0, 0.1) is 12.3 Å². The molecule has 4 heteroatoms. The van der Waals surface area contributed by atoms with E-state index in [2.05, 4.69) is 17.4 Å². The van der Waals surface area contributed by atoms with E-state index in [1.54, 1.807) is 0 Å². The Hall–Kier alpha value is -2.28. The number of hydrogen-bond donors (Lipinski definition) is 0. The molecule has 0 bridgehead atoms. The number of aromatic nitrogens is 2. The lowest BCUT2D eigenvalue weighted by molar-refractivity contribution is -0.127. The van der Waals surface area contributed by atoms with Crippen LogP contribution in [0.5, 0.6) is 0 Å². The highest BCUT2D eigenvalue weighted by molar-refractivity contribution is 5.81. The van der Waals surface area contributed by atoms with Gasteiger partial charge in [0, 0.05) is 25.4 Å². The molecule has 1 atom stereocenters. The Balaban J connectivity index is 1.92. The standard InChI is InChI=1S/C18H21N3O/c1-3-5-11-20-13-14(12-17(20)22)18-19-15-8-6-7-9-16(15)21(18)10-4-2/h2,6-9,14H,3,5,10-13H2,1H3/t14-/m1/s1. The minimum Gasteiger partial charge on any atom is -0.342 e. The van der Waals surface area contributed by atoms with E-state index in [0.717, 1.165) is 42.8 Å². The topological polar surface area (TPSA) is 38.1 Å². The molecule has 1 saturated heterocycles. The Morgan fingerprint density at radius 2 is 2.23 bits per heavy atom. The van der Waals surface area contributed by atoms with Crippen LogP contribution in [0.4, 0.5) is 0 Å². The predicted molar refractivity (Wildman–Crippen MR) is 87.4 cm³/mol. The molecule has 0 saturated carbocycles. The fraction of sp³-hybridized carbons (Fsp3) is 0.444. The molecule has 114 valence electrons. The lowest BCUT2D eigenvalue weighted by atomic mass is 10.1. The smallest absolute Gasteiger partial charge is 0.223 e. The van der Waals surface area contributed by atoms with Crippen LogP contribution in [0.3, 0.4) is 0 Å². The van der Waals surface area contributed by atoms with Crippen LogP contribution in [0.2, 0.25) is 0 Å². The summed E-state index contributed by atoms with van der Waals surface area (Å²) in [5, 5.41) is 0. The monoisotopic (exact) mass is 295 g/mol. The van der Waals surface area contributed by atoms with Gasteiger partial charge in [-0.3, -0.25) is 4.79 Å². The van der Waals surface area contributed by atoms with Crippen LogP contribution in [-0.4, -0.2) is 33.4 Å². The van der Waals surface area contributed by atoms with E-state index < -0.39 is 0 Å². The number of unbranched alkanes of at least 4 members (excludes halogenated alkanes) is 1. The van der Waals surface area contributed by atoms with Crippen LogP contribution >= 0.6 is 0 Å². The minimum atomic E-state index is 0.144. The lowest BCUT2D eigenvalue weighted by Crippen LogP contribution is -2.26. The summed E-state index contributed by atoms with van der Waals surface area (Å²) in [4.78, 5) is 18.9. The van der Waals surface area contributed by atoms with Gasteiger partial charge in [-0.15, -0.1) is 6.42 Å². The van der Waals surface area contributed by atoms with E-state index in [-0.39, 0.29) is 11.8 Å². The number of likely N-dealkylation sites (tertiary alicyclic amines) is 1. The molecule has 0 radical (unpaired) electrons. The summed E-state index contributed by atoms with van der Waals surface area (Å²) in [6, 6.07) is 8.01. The Bertz CT molecular complexity index is 725. The molecule has 1 aromatic carbocycles. The molecule has 3 rings (SSSR count). The Kier molecular flexibility index (Phi) is 4.15. The molecule has 4 nitrogen and oxygen atoms in total. The summed E-state index contributed by atoms with van der Waals surface area (Å²) in [5.41, 5.74) is 2.00. The first-order valence-corrected chi connectivity index (χ1v) is 7.91. The third-order valence-electron chi connectivity index (χ3n) is 4.29. The van der Waals surface area contributed by atoms with Crippen LogP contribution in [0.25, 0.3) is 11.0 Å². The van der Waals surface area contributed by atoms with Crippen LogP contribution in [0.15, 0.2) is 24.3 Å². The maximum Gasteiger partial charge on any atom is 0.223 e. The number of terminal acetylenes is 1. The Morgan fingerprint density at radius 3 is 3.00 bits per heavy atom. The van der Waals surface area contributed by atoms with Crippen molar-refractivity contribution in [2.75, 3.05) is 13.1 Å². The van der Waals surface area contributed by atoms with E-state index in [1.807, 2.05) is 29.2 Å². The quantitative estimate of drug-likeness (QED) is 0.796. The lowest BCUT2D eigenvalue weighted by Gasteiger charge is -2.16. The molecule has 22 heavy (non-hydrogen) atoms. The van der Waals surface area contributed by atoms with Gasteiger partial charge in [0.25, 0.3) is 0 Å². The highest BCUT2D eigenvalue weighted by Gasteiger charge is 2.33. The van der Waals surface area contributed by atoms with Crippen molar-refractivity contribution in [2.45, 2.75) is 38.6 Å². The average molecular weight is 295 g/mol. The van der Waals surface area contributed by atoms with Gasteiger partial charge in [-0.05, 0) is 18.6 Å². The zero-order valence-corrected chi connectivity index (χ0v) is 13.0. The van der Waals surface area contributed by atoms with E-state index >= 15 is 0 Å². The van der Waals surface area contributed by atoms with Gasteiger partial charge in [-0.1, -0.05) is 31.4 Å². The first-order chi connectivity index (χ1) is 10.7. The van der Waals surface area contributed by atoms with Crippen LogP contribution < -0.4 is 0 Å². The maximum atomic E-state index is 12.2. The summed E-state index contributed by atoms with van der Waals surface area (Å²) < 4.78 is 2.08. The number of hydrogen-bond acceptors (Lipinski definition) is 2. The van der Waals surface area contributed by atoms with Gasteiger partial charge in [-0.2, -0.15) is 0 Å². The molecule has 2 heterocycles. The second kappa shape index (κ2) is 6.23. The molecule has 0 spiro atoms. The van der Waals surface area contributed by atoms with Gasteiger partial charge in [0.05, 0.1) is 17.6 Å². The van der Waals surface area contributed by atoms with Crippen molar-refractivity contribution in [3.63, 3.8) is 0 Å². The van der Waals surface area contributed by atoms with Crippen molar-refractivity contribution in [1.82, 2.24) is 14.5 Å². The van der Waals surface area contributed by atoms with E-state index in [1.165, 1.54) is 0 Å². The van der Waals surface area contributed by atoms with Crippen molar-refractivity contribution in [3.05, 3.63) is 30.1 Å². The van der Waals surface area contributed by atoms with Gasteiger partial charge in [0.2, 0.25) is 5.91 Å². The van der Waals surface area contributed by atoms with Crippen molar-refractivity contribution >= 4 is 16.9 Å². The maximum absolute atomic E-state index is 12.2. The van der Waals surface area contributed by atoms with E-state index in [9.17, 15) is 4.79 Å². The van der Waals surface area contributed by atoms with Crippen LogP contribution in [0.1, 0.15) is 37.9 Å². The number of nitrogens with zero attached hydrogens (tertiary/aromatic N) is 3. The summed E-state index contributed by atoms with van der Waals surface area (Å²) >= 11 is 0.